The van der Waals surface area contributed by atoms with E-state index in [4.69, 9.17) is 10.8 Å². The third-order valence-corrected chi connectivity index (χ3v) is 4.13. The molecule has 0 radical (unpaired) electrons. The Morgan fingerprint density at radius 3 is 2.40 bits per heavy atom. The van der Waals surface area contributed by atoms with Gasteiger partial charge in [0.1, 0.15) is 6.04 Å². The number of thiol groups is 1. The molecule has 15 heavy (non-hydrogen) atoms. The number of carboxylic acid groups (broad SMARTS) is 1. The molecule has 0 spiro atoms. The number of rotatable bonds is 7. The maximum absolute atomic E-state index is 10.4. The van der Waals surface area contributed by atoms with Crippen LogP contribution in [-0.2, 0) is 4.79 Å². The van der Waals surface area contributed by atoms with Crippen LogP contribution < -0.4 is 5.73 Å². The van der Waals surface area contributed by atoms with Crippen molar-refractivity contribution in [2.24, 2.45) is 5.73 Å². The van der Waals surface area contributed by atoms with Gasteiger partial charge in [-0.25, -0.2) is 0 Å². The fraction of sp³-hybridized carbons (Fsp3) is 0.889. The van der Waals surface area contributed by atoms with E-state index in [1.807, 2.05) is 0 Å². The Balaban J connectivity index is -0.000000720. The van der Waals surface area contributed by atoms with E-state index in [-0.39, 0.29) is 36.8 Å². The molecule has 0 aliphatic rings. The maximum Gasteiger partial charge on any atom is 0.320 e. The third-order valence-electron chi connectivity index (χ3n) is 2.03. The highest BCUT2D eigenvalue weighted by Gasteiger charge is 2.11. The van der Waals surface area contributed by atoms with E-state index < -0.39 is 12.0 Å². The fourth-order valence-corrected chi connectivity index (χ4v) is 2.82. The molecule has 0 fully saturated rings. The number of hydrogen-bond acceptors (Lipinski definition) is 2. The van der Waals surface area contributed by atoms with Crippen molar-refractivity contribution in [2.75, 3.05) is 17.8 Å². The molecule has 3 N–H and O–H groups in total. The lowest BCUT2D eigenvalue weighted by Crippen LogP contribution is -2.30. The summed E-state index contributed by atoms with van der Waals surface area (Å²) >= 11 is 0. The first-order valence-electron chi connectivity index (χ1n) is 4.74. The third kappa shape index (κ3) is 12.4. The normalized spacial score (nSPS) is 14.5. The molecule has 1 unspecified atom stereocenters. The summed E-state index contributed by atoms with van der Waals surface area (Å²) in [6, 6.07) is -0.661. The molecule has 0 heterocycles. The van der Waals surface area contributed by atoms with Gasteiger partial charge in [-0.05, 0) is 30.6 Å². The number of carbonyl (C=O) groups is 1. The topological polar surface area (TPSA) is 63.3 Å². The molecule has 0 amide bonds. The highest BCUT2D eigenvalue weighted by molar-refractivity contribution is 8.16. The summed E-state index contributed by atoms with van der Waals surface area (Å²) in [6.45, 7) is 2.17. The largest absolute Gasteiger partial charge is 0.480 e. The van der Waals surface area contributed by atoms with E-state index in [1.54, 1.807) is 0 Å². The highest BCUT2D eigenvalue weighted by Crippen LogP contribution is 2.22. The molecule has 0 aliphatic carbocycles. The molecular formula is C9H24ClNO2S2. The van der Waals surface area contributed by atoms with E-state index in [1.165, 1.54) is 18.6 Å². The van der Waals surface area contributed by atoms with Gasteiger partial charge in [-0.1, -0.05) is 13.3 Å². The van der Waals surface area contributed by atoms with Gasteiger partial charge in [-0.3, -0.25) is 15.7 Å². The van der Waals surface area contributed by atoms with E-state index in [9.17, 15) is 4.79 Å². The van der Waals surface area contributed by atoms with Crippen LogP contribution in [0.2, 0.25) is 0 Å². The van der Waals surface area contributed by atoms with Crippen LogP contribution in [0.3, 0.4) is 0 Å². The maximum atomic E-state index is 10.4. The molecular weight excluding hydrogens is 254 g/mol. The van der Waals surface area contributed by atoms with Gasteiger partial charge in [0.25, 0.3) is 0 Å². The Morgan fingerprint density at radius 1 is 1.47 bits per heavy atom. The van der Waals surface area contributed by atoms with Gasteiger partial charge in [-0.2, -0.15) is 13.5 Å². The predicted molar refractivity (Wildman–Crippen MR) is 77.4 cm³/mol. The lowest BCUT2D eigenvalue weighted by Gasteiger charge is -2.16. The number of nitrogens with two attached hydrogens (primary N) is 1. The summed E-state index contributed by atoms with van der Waals surface area (Å²) in [6.07, 6.45) is 5.32. The molecule has 6 heteroatoms. The van der Waals surface area contributed by atoms with Gasteiger partial charge < -0.3 is 10.8 Å². The van der Waals surface area contributed by atoms with E-state index >= 15 is 0 Å². The first kappa shape index (κ1) is 20.8. The molecule has 96 valence electrons. The number of aliphatic carboxylic acids is 1. The zero-order valence-electron chi connectivity index (χ0n) is 9.40. The van der Waals surface area contributed by atoms with Gasteiger partial charge in [-0.15, -0.1) is 12.4 Å². The molecule has 0 aromatic heterocycles. The average Bonchev–Trinajstić information content (AvgIpc) is 2.10. The zero-order chi connectivity index (χ0) is 10.3. The minimum Gasteiger partial charge on any atom is -0.480 e. The van der Waals surface area contributed by atoms with Crippen LogP contribution in [0.5, 0.6) is 0 Å². The van der Waals surface area contributed by atoms with Crippen molar-refractivity contribution < 1.29 is 9.90 Å². The van der Waals surface area contributed by atoms with Crippen LogP contribution in [-0.4, -0.2) is 34.9 Å². The van der Waals surface area contributed by atoms with Crippen LogP contribution in [0.25, 0.3) is 0 Å². The molecule has 0 rings (SSSR count). The number of hydrogen-bond donors (Lipinski definition) is 3. The van der Waals surface area contributed by atoms with Crippen molar-refractivity contribution in [3.8, 4) is 0 Å². The Kier molecular flexibility index (Phi) is 17.3. The minimum atomic E-state index is -0.876. The lowest BCUT2D eigenvalue weighted by atomic mass is 10.2. The van der Waals surface area contributed by atoms with Crippen LogP contribution >= 0.6 is 36.8 Å². The molecule has 0 aromatic carbocycles. The predicted octanol–water partition coefficient (Wildman–Crippen LogP) is 1.75. The fourth-order valence-electron chi connectivity index (χ4n) is 1.02. The van der Waals surface area contributed by atoms with Crippen LogP contribution in [0.15, 0.2) is 0 Å². The van der Waals surface area contributed by atoms with Crippen molar-refractivity contribution in [1.82, 2.24) is 0 Å². The van der Waals surface area contributed by atoms with Gasteiger partial charge in [0.2, 0.25) is 0 Å². The molecule has 2 atom stereocenters. The Morgan fingerprint density at radius 2 is 2.00 bits per heavy atom. The standard InChI is InChI=1S/C9H21NO2S.ClH.H2S/c1-3-4-6-13(2)7-5-8(10)9(11)12;;/h8,13H,3-7,10H2,1-2H3,(H,11,12);1H;1H2/t8-;;/m0../s1. The van der Waals surface area contributed by atoms with Gasteiger partial charge in [0, 0.05) is 0 Å². The first-order chi connectivity index (χ1) is 6.07. The lowest BCUT2D eigenvalue weighted by molar-refractivity contribution is -0.138. The summed E-state index contributed by atoms with van der Waals surface area (Å²) in [5.41, 5.74) is 5.40. The van der Waals surface area contributed by atoms with E-state index in [0.717, 1.165) is 5.75 Å². The summed E-state index contributed by atoms with van der Waals surface area (Å²) < 4.78 is 0. The smallest absolute Gasteiger partial charge is 0.320 e. The summed E-state index contributed by atoms with van der Waals surface area (Å²) in [5, 5.41) is 8.55. The summed E-state index contributed by atoms with van der Waals surface area (Å²) in [7, 11) is 0.0129. The van der Waals surface area contributed by atoms with Gasteiger partial charge in [0.15, 0.2) is 0 Å². The molecule has 0 aliphatic heterocycles. The number of unbranched alkanes of at least 4 members (excludes halogenated alkanes) is 1. The summed E-state index contributed by atoms with van der Waals surface area (Å²) in [4.78, 5) is 10.4. The van der Waals surface area contributed by atoms with Crippen LogP contribution in [0.4, 0.5) is 0 Å². The molecule has 0 aromatic rings. The molecule has 0 saturated heterocycles. The van der Waals surface area contributed by atoms with Crippen molar-refractivity contribution >= 4 is 42.8 Å². The van der Waals surface area contributed by atoms with Crippen molar-refractivity contribution in [3.63, 3.8) is 0 Å². The quantitative estimate of drug-likeness (QED) is 0.622. The highest BCUT2D eigenvalue weighted by atomic mass is 35.5. The number of carboxylic acids is 1. The van der Waals surface area contributed by atoms with E-state index in [0.29, 0.717) is 6.42 Å². The average molecular weight is 278 g/mol. The van der Waals surface area contributed by atoms with Crippen molar-refractivity contribution in [3.05, 3.63) is 0 Å². The first-order valence-corrected chi connectivity index (χ1v) is 6.90. The monoisotopic (exact) mass is 277 g/mol. The Hall–Kier alpha value is 0.420. The summed E-state index contributed by atoms with van der Waals surface area (Å²) in [5.74, 6) is 1.36. The minimum absolute atomic E-state index is 0. The Labute approximate surface area is 108 Å². The van der Waals surface area contributed by atoms with Crippen LogP contribution in [0.1, 0.15) is 26.2 Å². The van der Waals surface area contributed by atoms with Gasteiger partial charge in [0.05, 0.1) is 0 Å². The molecule has 0 bridgehead atoms. The number of halogens is 1. The Bertz CT molecular complexity index is 161. The van der Waals surface area contributed by atoms with Gasteiger partial charge >= 0.3 is 5.97 Å². The second kappa shape index (κ2) is 12.5. The second-order valence-corrected chi connectivity index (χ2v) is 6.00. The zero-order valence-corrected chi connectivity index (χ0v) is 12.1. The SMILES string of the molecule is CCCC[SH](C)CC[C@H](N)C(=O)O.Cl.S. The van der Waals surface area contributed by atoms with Crippen molar-refractivity contribution in [2.45, 2.75) is 32.2 Å². The van der Waals surface area contributed by atoms with Crippen LogP contribution in [0, 0.1) is 0 Å². The van der Waals surface area contributed by atoms with Crippen molar-refractivity contribution in [1.29, 1.82) is 0 Å². The second-order valence-electron chi connectivity index (χ2n) is 3.39. The van der Waals surface area contributed by atoms with E-state index in [2.05, 4.69) is 13.2 Å². The molecule has 0 saturated carbocycles. The molecule has 3 nitrogen and oxygen atoms in total.